The first-order valence-electron chi connectivity index (χ1n) is 7.02. The highest BCUT2D eigenvalue weighted by molar-refractivity contribution is 5.72. The fourth-order valence-electron chi connectivity index (χ4n) is 2.20. The Hall–Kier alpha value is -2.16. The summed E-state index contributed by atoms with van der Waals surface area (Å²) >= 11 is 0. The summed E-state index contributed by atoms with van der Waals surface area (Å²) in [5, 5.41) is 3.38. The molecule has 0 aliphatic carbocycles. The Morgan fingerprint density at radius 1 is 1.10 bits per heavy atom. The third-order valence-electron chi connectivity index (χ3n) is 3.34. The second kappa shape index (κ2) is 6.85. The minimum Gasteiger partial charge on any atom is -0.492 e. The van der Waals surface area contributed by atoms with Crippen LogP contribution >= 0.6 is 0 Å². The van der Waals surface area contributed by atoms with E-state index in [2.05, 4.69) is 36.5 Å². The molecule has 106 valence electrons. The molecule has 0 aromatic heterocycles. The van der Waals surface area contributed by atoms with Crippen molar-refractivity contribution in [2.75, 3.05) is 24.2 Å². The zero-order chi connectivity index (χ0) is 14.4. The van der Waals surface area contributed by atoms with Gasteiger partial charge in [0.05, 0.1) is 18.0 Å². The number of nitrogens with two attached hydrogens (primary N) is 1. The topological polar surface area (TPSA) is 47.3 Å². The van der Waals surface area contributed by atoms with Gasteiger partial charge in [-0.25, -0.2) is 0 Å². The van der Waals surface area contributed by atoms with Gasteiger partial charge in [0.25, 0.3) is 0 Å². The number of rotatable bonds is 6. The van der Waals surface area contributed by atoms with Gasteiger partial charge in [0.15, 0.2) is 0 Å². The van der Waals surface area contributed by atoms with Gasteiger partial charge >= 0.3 is 0 Å². The minimum atomic E-state index is 0.622. The standard InChI is InChI=1S/C17H22N2O/c1-3-20-16-10-6-9-15(17(16)18)19-12-11-14-8-5-4-7-13(14)2/h4-10,19H,3,11-12,18H2,1-2H3. The minimum absolute atomic E-state index is 0.622. The van der Waals surface area contributed by atoms with Crippen molar-refractivity contribution >= 4 is 11.4 Å². The fourth-order valence-corrected chi connectivity index (χ4v) is 2.20. The number of ether oxygens (including phenoxy) is 1. The first-order chi connectivity index (χ1) is 9.72. The van der Waals surface area contributed by atoms with Crippen molar-refractivity contribution in [2.45, 2.75) is 20.3 Å². The summed E-state index contributed by atoms with van der Waals surface area (Å²) in [5.74, 6) is 0.744. The molecule has 0 heterocycles. The summed E-state index contributed by atoms with van der Waals surface area (Å²) in [4.78, 5) is 0. The van der Waals surface area contributed by atoms with Crippen molar-refractivity contribution in [2.24, 2.45) is 0 Å². The van der Waals surface area contributed by atoms with E-state index in [1.807, 2.05) is 25.1 Å². The Balaban J connectivity index is 1.98. The molecule has 0 bridgehead atoms. The van der Waals surface area contributed by atoms with Gasteiger partial charge in [-0.3, -0.25) is 0 Å². The number of nitrogens with one attached hydrogen (secondary N) is 1. The van der Waals surface area contributed by atoms with Gasteiger partial charge < -0.3 is 15.8 Å². The molecule has 0 aliphatic rings. The van der Waals surface area contributed by atoms with E-state index in [0.29, 0.717) is 12.3 Å². The molecule has 3 N–H and O–H groups in total. The molecule has 0 unspecified atom stereocenters. The summed E-state index contributed by atoms with van der Waals surface area (Å²) in [6, 6.07) is 14.3. The number of nitrogen functional groups attached to an aromatic ring is 1. The van der Waals surface area contributed by atoms with Crippen molar-refractivity contribution < 1.29 is 4.74 Å². The average molecular weight is 270 g/mol. The Morgan fingerprint density at radius 3 is 2.65 bits per heavy atom. The van der Waals surface area contributed by atoms with Crippen LogP contribution < -0.4 is 15.8 Å². The summed E-state index contributed by atoms with van der Waals surface area (Å²) in [7, 11) is 0. The molecule has 0 radical (unpaired) electrons. The average Bonchev–Trinajstić information content (AvgIpc) is 2.45. The molecular formula is C17H22N2O. The van der Waals surface area contributed by atoms with Crippen LogP contribution in [0.1, 0.15) is 18.1 Å². The maximum atomic E-state index is 6.09. The Morgan fingerprint density at radius 2 is 1.90 bits per heavy atom. The predicted octanol–water partition coefficient (Wildman–Crippen LogP) is 3.63. The summed E-state index contributed by atoms with van der Waals surface area (Å²) in [6.45, 7) is 5.57. The molecule has 0 amide bonds. The van der Waals surface area contributed by atoms with E-state index in [9.17, 15) is 0 Å². The lowest BCUT2D eigenvalue weighted by molar-refractivity contribution is 0.342. The zero-order valence-corrected chi connectivity index (χ0v) is 12.1. The number of benzene rings is 2. The summed E-state index contributed by atoms with van der Waals surface area (Å²) < 4.78 is 5.50. The normalized spacial score (nSPS) is 10.3. The summed E-state index contributed by atoms with van der Waals surface area (Å²) in [6.07, 6.45) is 0.977. The second-order valence-corrected chi connectivity index (χ2v) is 4.75. The van der Waals surface area contributed by atoms with Crippen LogP contribution in [-0.4, -0.2) is 13.2 Å². The third-order valence-corrected chi connectivity index (χ3v) is 3.34. The quantitative estimate of drug-likeness (QED) is 0.788. The van der Waals surface area contributed by atoms with Crippen molar-refractivity contribution in [3.8, 4) is 5.75 Å². The number of aryl methyl sites for hydroxylation is 1. The van der Waals surface area contributed by atoms with Crippen molar-refractivity contribution in [3.63, 3.8) is 0 Å². The van der Waals surface area contributed by atoms with E-state index < -0.39 is 0 Å². The zero-order valence-electron chi connectivity index (χ0n) is 12.1. The highest BCUT2D eigenvalue weighted by Crippen LogP contribution is 2.29. The van der Waals surface area contributed by atoms with E-state index in [1.54, 1.807) is 0 Å². The van der Waals surface area contributed by atoms with E-state index in [1.165, 1.54) is 11.1 Å². The predicted molar refractivity (Wildman–Crippen MR) is 85.4 cm³/mol. The van der Waals surface area contributed by atoms with Crippen molar-refractivity contribution in [3.05, 3.63) is 53.6 Å². The molecule has 3 heteroatoms. The van der Waals surface area contributed by atoms with Crippen LogP contribution in [0.15, 0.2) is 42.5 Å². The lowest BCUT2D eigenvalue weighted by Crippen LogP contribution is -2.08. The summed E-state index contributed by atoms with van der Waals surface area (Å²) in [5.41, 5.74) is 10.4. The highest BCUT2D eigenvalue weighted by atomic mass is 16.5. The number of para-hydroxylation sites is 1. The molecule has 0 atom stereocenters. The van der Waals surface area contributed by atoms with Crippen LogP contribution in [-0.2, 0) is 6.42 Å². The van der Waals surface area contributed by atoms with Crippen LogP contribution in [0.25, 0.3) is 0 Å². The van der Waals surface area contributed by atoms with Gasteiger partial charge in [-0.1, -0.05) is 30.3 Å². The Labute approximate surface area is 120 Å². The maximum Gasteiger partial charge on any atom is 0.144 e. The molecule has 2 rings (SSSR count). The van der Waals surface area contributed by atoms with Crippen LogP contribution in [0.2, 0.25) is 0 Å². The molecular weight excluding hydrogens is 248 g/mol. The highest BCUT2D eigenvalue weighted by Gasteiger charge is 2.05. The van der Waals surface area contributed by atoms with Gasteiger partial charge in [-0.15, -0.1) is 0 Å². The molecule has 0 saturated carbocycles. The van der Waals surface area contributed by atoms with Crippen molar-refractivity contribution in [1.29, 1.82) is 0 Å². The third kappa shape index (κ3) is 3.44. The molecule has 0 saturated heterocycles. The van der Waals surface area contributed by atoms with Gasteiger partial charge in [0.2, 0.25) is 0 Å². The van der Waals surface area contributed by atoms with E-state index in [0.717, 1.165) is 24.4 Å². The number of anilines is 2. The molecule has 2 aromatic rings. The molecule has 0 fully saturated rings. The van der Waals surface area contributed by atoms with Crippen LogP contribution in [0.4, 0.5) is 11.4 Å². The number of hydrogen-bond acceptors (Lipinski definition) is 3. The van der Waals surface area contributed by atoms with Gasteiger partial charge in [0, 0.05) is 6.54 Å². The SMILES string of the molecule is CCOc1cccc(NCCc2ccccc2C)c1N. The van der Waals surface area contributed by atoms with Crippen LogP contribution in [0, 0.1) is 6.92 Å². The maximum absolute atomic E-state index is 6.09. The van der Waals surface area contributed by atoms with E-state index in [-0.39, 0.29) is 0 Å². The molecule has 2 aromatic carbocycles. The lowest BCUT2D eigenvalue weighted by atomic mass is 10.1. The van der Waals surface area contributed by atoms with Gasteiger partial charge in [-0.05, 0) is 43.5 Å². The van der Waals surface area contributed by atoms with Crippen LogP contribution in [0.3, 0.4) is 0 Å². The smallest absolute Gasteiger partial charge is 0.144 e. The fraction of sp³-hybridized carbons (Fsp3) is 0.294. The van der Waals surface area contributed by atoms with E-state index in [4.69, 9.17) is 10.5 Å². The van der Waals surface area contributed by atoms with E-state index >= 15 is 0 Å². The monoisotopic (exact) mass is 270 g/mol. The largest absolute Gasteiger partial charge is 0.492 e. The second-order valence-electron chi connectivity index (χ2n) is 4.75. The van der Waals surface area contributed by atoms with Crippen LogP contribution in [0.5, 0.6) is 5.75 Å². The Bertz CT molecular complexity index is 567. The molecule has 0 aliphatic heterocycles. The van der Waals surface area contributed by atoms with Gasteiger partial charge in [-0.2, -0.15) is 0 Å². The molecule has 3 nitrogen and oxygen atoms in total. The number of hydrogen-bond donors (Lipinski definition) is 2. The Kier molecular flexibility index (Phi) is 4.88. The van der Waals surface area contributed by atoms with Crippen molar-refractivity contribution in [1.82, 2.24) is 0 Å². The first kappa shape index (κ1) is 14.3. The first-order valence-corrected chi connectivity index (χ1v) is 7.02. The molecule has 0 spiro atoms. The lowest BCUT2D eigenvalue weighted by Gasteiger charge is -2.13. The van der Waals surface area contributed by atoms with Gasteiger partial charge in [0.1, 0.15) is 5.75 Å². The molecule has 20 heavy (non-hydrogen) atoms.